The molecule has 0 saturated carbocycles. The van der Waals surface area contributed by atoms with Crippen molar-refractivity contribution in [1.82, 2.24) is 9.88 Å². The highest BCUT2D eigenvalue weighted by Crippen LogP contribution is 2.25. The molecule has 0 spiro atoms. The van der Waals surface area contributed by atoms with Gasteiger partial charge in [-0.1, -0.05) is 38.1 Å². The van der Waals surface area contributed by atoms with Crippen LogP contribution in [0.1, 0.15) is 13.8 Å². The zero-order valence-corrected chi connectivity index (χ0v) is 12.6. The number of aromatic nitrogens is 1. The number of rotatable bonds is 2. The van der Waals surface area contributed by atoms with Crippen molar-refractivity contribution in [3.8, 4) is 0 Å². The molecule has 0 radical (unpaired) electrons. The van der Waals surface area contributed by atoms with Gasteiger partial charge in [0.15, 0.2) is 0 Å². The maximum atomic E-state index is 12.0. The van der Waals surface area contributed by atoms with Crippen LogP contribution in [0.15, 0.2) is 36.5 Å². The molecule has 21 heavy (non-hydrogen) atoms. The number of amides is 1. The van der Waals surface area contributed by atoms with E-state index in [1.807, 2.05) is 43.1 Å². The van der Waals surface area contributed by atoms with Gasteiger partial charge in [-0.05, 0) is 11.5 Å². The SMILES string of the molecule is CC(C)C(=O)N1CCN(c2nccc3ccccc23)CC1. The van der Waals surface area contributed by atoms with E-state index in [4.69, 9.17) is 0 Å². The van der Waals surface area contributed by atoms with Crippen LogP contribution < -0.4 is 4.90 Å². The molecule has 110 valence electrons. The second kappa shape index (κ2) is 5.72. The summed E-state index contributed by atoms with van der Waals surface area (Å²) in [6.07, 6.45) is 1.86. The summed E-state index contributed by atoms with van der Waals surface area (Å²) in [5, 5.41) is 2.40. The predicted octanol–water partition coefficient (Wildman–Crippen LogP) is 2.54. The number of benzene rings is 1. The van der Waals surface area contributed by atoms with Crippen molar-refractivity contribution >= 4 is 22.5 Å². The van der Waals surface area contributed by atoms with Gasteiger partial charge in [-0.2, -0.15) is 0 Å². The Morgan fingerprint density at radius 1 is 1.10 bits per heavy atom. The molecular formula is C17H21N3O. The second-order valence-electron chi connectivity index (χ2n) is 5.82. The van der Waals surface area contributed by atoms with Crippen molar-refractivity contribution in [2.75, 3.05) is 31.1 Å². The molecule has 1 fully saturated rings. The molecule has 0 bridgehead atoms. The van der Waals surface area contributed by atoms with E-state index in [0.717, 1.165) is 32.0 Å². The minimum Gasteiger partial charge on any atom is -0.353 e. The van der Waals surface area contributed by atoms with E-state index in [1.54, 1.807) is 0 Å². The number of nitrogens with zero attached hydrogens (tertiary/aromatic N) is 3. The molecule has 2 aromatic rings. The number of pyridine rings is 1. The summed E-state index contributed by atoms with van der Waals surface area (Å²) in [4.78, 5) is 20.9. The molecule has 1 aliphatic rings. The van der Waals surface area contributed by atoms with E-state index in [9.17, 15) is 4.79 Å². The lowest BCUT2D eigenvalue weighted by atomic mass is 10.1. The quantitative estimate of drug-likeness (QED) is 0.850. The lowest BCUT2D eigenvalue weighted by Gasteiger charge is -2.36. The summed E-state index contributed by atoms with van der Waals surface area (Å²) in [5.74, 6) is 1.36. The number of hydrogen-bond acceptors (Lipinski definition) is 3. The number of anilines is 1. The first-order chi connectivity index (χ1) is 10.2. The Kier molecular flexibility index (Phi) is 3.78. The third kappa shape index (κ3) is 2.71. The third-order valence-electron chi connectivity index (χ3n) is 4.04. The molecule has 1 aromatic heterocycles. The maximum absolute atomic E-state index is 12.0. The van der Waals surface area contributed by atoms with Gasteiger partial charge in [0, 0.05) is 43.7 Å². The zero-order chi connectivity index (χ0) is 14.8. The van der Waals surface area contributed by atoms with Crippen LogP contribution in [-0.2, 0) is 4.79 Å². The molecule has 0 aliphatic carbocycles. The first-order valence-electron chi connectivity index (χ1n) is 7.54. The molecule has 0 atom stereocenters. The summed E-state index contributed by atoms with van der Waals surface area (Å²) in [7, 11) is 0. The zero-order valence-electron chi connectivity index (χ0n) is 12.6. The van der Waals surface area contributed by atoms with Crippen molar-refractivity contribution in [2.45, 2.75) is 13.8 Å². The number of hydrogen-bond donors (Lipinski definition) is 0. The van der Waals surface area contributed by atoms with Crippen molar-refractivity contribution < 1.29 is 4.79 Å². The number of fused-ring (bicyclic) bond motifs is 1. The van der Waals surface area contributed by atoms with Crippen LogP contribution in [-0.4, -0.2) is 42.0 Å². The van der Waals surface area contributed by atoms with Crippen LogP contribution in [0.25, 0.3) is 10.8 Å². The summed E-state index contributed by atoms with van der Waals surface area (Å²) >= 11 is 0. The fraction of sp³-hybridized carbons (Fsp3) is 0.412. The molecule has 0 N–H and O–H groups in total. The van der Waals surface area contributed by atoms with Gasteiger partial charge in [-0.25, -0.2) is 4.98 Å². The first-order valence-corrected chi connectivity index (χ1v) is 7.54. The molecule has 1 aliphatic heterocycles. The van der Waals surface area contributed by atoms with Crippen molar-refractivity contribution in [3.05, 3.63) is 36.5 Å². The largest absolute Gasteiger partial charge is 0.353 e. The van der Waals surface area contributed by atoms with E-state index in [2.05, 4.69) is 22.0 Å². The second-order valence-corrected chi connectivity index (χ2v) is 5.82. The fourth-order valence-corrected chi connectivity index (χ4v) is 2.86. The van der Waals surface area contributed by atoms with E-state index < -0.39 is 0 Å². The molecule has 1 aromatic carbocycles. The Morgan fingerprint density at radius 3 is 2.52 bits per heavy atom. The van der Waals surface area contributed by atoms with Gasteiger partial charge in [-0.15, -0.1) is 0 Å². The van der Waals surface area contributed by atoms with Crippen molar-refractivity contribution in [3.63, 3.8) is 0 Å². The predicted molar refractivity (Wildman–Crippen MR) is 85.4 cm³/mol. The van der Waals surface area contributed by atoms with E-state index >= 15 is 0 Å². The standard InChI is InChI=1S/C17H21N3O/c1-13(2)17(21)20-11-9-19(10-12-20)16-15-6-4-3-5-14(15)7-8-18-16/h3-8,13H,9-12H2,1-2H3. The normalized spacial score (nSPS) is 15.8. The molecule has 4 heteroatoms. The van der Waals surface area contributed by atoms with Crippen molar-refractivity contribution in [1.29, 1.82) is 0 Å². The fourth-order valence-electron chi connectivity index (χ4n) is 2.86. The van der Waals surface area contributed by atoms with Gasteiger partial charge in [-0.3, -0.25) is 4.79 Å². The van der Waals surface area contributed by atoms with Crippen LogP contribution in [0.4, 0.5) is 5.82 Å². The van der Waals surface area contributed by atoms with Gasteiger partial charge in [0.2, 0.25) is 5.91 Å². The summed E-state index contributed by atoms with van der Waals surface area (Å²) in [6, 6.07) is 10.4. The van der Waals surface area contributed by atoms with Crippen molar-refractivity contribution in [2.24, 2.45) is 5.92 Å². The summed E-state index contributed by atoms with van der Waals surface area (Å²) in [6.45, 7) is 7.17. The molecule has 1 saturated heterocycles. The lowest BCUT2D eigenvalue weighted by Crippen LogP contribution is -2.50. The molecule has 4 nitrogen and oxygen atoms in total. The highest BCUT2D eigenvalue weighted by atomic mass is 16.2. The Bertz CT molecular complexity index is 640. The Morgan fingerprint density at radius 2 is 1.81 bits per heavy atom. The monoisotopic (exact) mass is 283 g/mol. The molecule has 2 heterocycles. The number of piperazine rings is 1. The number of carbonyl (C=O) groups excluding carboxylic acids is 1. The molecular weight excluding hydrogens is 262 g/mol. The minimum atomic E-state index is 0.0761. The third-order valence-corrected chi connectivity index (χ3v) is 4.04. The molecule has 3 rings (SSSR count). The van der Waals surface area contributed by atoms with Crippen LogP contribution in [0.2, 0.25) is 0 Å². The van der Waals surface area contributed by atoms with E-state index in [-0.39, 0.29) is 11.8 Å². The van der Waals surface area contributed by atoms with Gasteiger partial charge in [0.05, 0.1) is 0 Å². The van der Waals surface area contributed by atoms with Gasteiger partial charge < -0.3 is 9.80 Å². The topological polar surface area (TPSA) is 36.4 Å². The Labute approximate surface area is 125 Å². The van der Waals surface area contributed by atoms with E-state index in [0.29, 0.717) is 0 Å². The van der Waals surface area contributed by atoms with Gasteiger partial charge in [0.25, 0.3) is 0 Å². The van der Waals surface area contributed by atoms with Crippen LogP contribution >= 0.6 is 0 Å². The summed E-state index contributed by atoms with van der Waals surface area (Å²) in [5.41, 5.74) is 0. The maximum Gasteiger partial charge on any atom is 0.225 e. The van der Waals surface area contributed by atoms with Gasteiger partial charge >= 0.3 is 0 Å². The van der Waals surface area contributed by atoms with E-state index in [1.165, 1.54) is 10.8 Å². The minimum absolute atomic E-state index is 0.0761. The highest BCUT2D eigenvalue weighted by molar-refractivity contribution is 5.92. The van der Waals surface area contributed by atoms with Gasteiger partial charge in [0.1, 0.15) is 5.82 Å². The lowest BCUT2D eigenvalue weighted by molar-refractivity contribution is -0.134. The highest BCUT2D eigenvalue weighted by Gasteiger charge is 2.24. The Balaban J connectivity index is 1.79. The smallest absolute Gasteiger partial charge is 0.225 e. The molecule has 1 amide bonds. The van der Waals surface area contributed by atoms with Crippen LogP contribution in [0, 0.1) is 5.92 Å². The number of carbonyl (C=O) groups is 1. The first kappa shape index (κ1) is 13.9. The Hall–Kier alpha value is -2.10. The van der Waals surface area contributed by atoms with Crippen LogP contribution in [0.5, 0.6) is 0 Å². The average molecular weight is 283 g/mol. The van der Waals surface area contributed by atoms with Crippen LogP contribution in [0.3, 0.4) is 0 Å². The average Bonchev–Trinajstić information content (AvgIpc) is 2.53. The summed E-state index contributed by atoms with van der Waals surface area (Å²) < 4.78 is 0. The molecule has 0 unspecified atom stereocenters.